The lowest BCUT2D eigenvalue weighted by Crippen LogP contribution is -2.05. The first-order valence-electron chi connectivity index (χ1n) is 5.60. The first kappa shape index (κ1) is 10.9. The van der Waals surface area contributed by atoms with Gasteiger partial charge in [-0.3, -0.25) is 0 Å². The number of ether oxygens (including phenoxy) is 2. The molecule has 0 saturated carbocycles. The van der Waals surface area contributed by atoms with Crippen molar-refractivity contribution in [2.24, 2.45) is 5.73 Å². The molecular weight excluding hydrogens is 234 g/mol. The molecule has 0 spiro atoms. The average Bonchev–Trinajstić information content (AvgIpc) is 2.96. The Labute approximate surface area is 104 Å². The van der Waals surface area contributed by atoms with Gasteiger partial charge in [0.25, 0.3) is 6.01 Å². The SMILES string of the molecule is CC(N)c1coc(Nc2ccc3c(c2)OCO3)n1. The summed E-state index contributed by atoms with van der Waals surface area (Å²) >= 11 is 0. The number of nitrogens with two attached hydrogens (primary N) is 1. The van der Waals surface area contributed by atoms with Crippen molar-refractivity contribution in [3.8, 4) is 11.5 Å². The van der Waals surface area contributed by atoms with Crippen LogP contribution in [0.25, 0.3) is 0 Å². The van der Waals surface area contributed by atoms with Crippen molar-refractivity contribution >= 4 is 11.7 Å². The highest BCUT2D eigenvalue weighted by Crippen LogP contribution is 2.35. The van der Waals surface area contributed by atoms with Gasteiger partial charge in [0, 0.05) is 17.8 Å². The van der Waals surface area contributed by atoms with E-state index >= 15 is 0 Å². The quantitative estimate of drug-likeness (QED) is 0.864. The number of nitrogens with zero attached hydrogens (tertiary/aromatic N) is 1. The van der Waals surface area contributed by atoms with Gasteiger partial charge in [0.1, 0.15) is 6.26 Å². The molecule has 3 N–H and O–H groups in total. The fourth-order valence-electron chi connectivity index (χ4n) is 1.65. The lowest BCUT2D eigenvalue weighted by molar-refractivity contribution is 0.174. The zero-order chi connectivity index (χ0) is 12.5. The summed E-state index contributed by atoms with van der Waals surface area (Å²) in [4.78, 5) is 4.22. The number of oxazole rings is 1. The Morgan fingerprint density at radius 3 is 2.94 bits per heavy atom. The molecule has 1 aromatic heterocycles. The van der Waals surface area contributed by atoms with Gasteiger partial charge < -0.3 is 24.9 Å². The molecule has 0 radical (unpaired) electrons. The average molecular weight is 247 g/mol. The first-order valence-corrected chi connectivity index (χ1v) is 5.60. The Kier molecular flexibility index (Phi) is 2.56. The molecule has 94 valence electrons. The largest absolute Gasteiger partial charge is 0.454 e. The molecule has 1 aromatic carbocycles. The second-order valence-corrected chi connectivity index (χ2v) is 4.06. The van der Waals surface area contributed by atoms with E-state index in [-0.39, 0.29) is 12.8 Å². The summed E-state index contributed by atoms with van der Waals surface area (Å²) in [5.41, 5.74) is 7.23. The van der Waals surface area contributed by atoms with Crippen LogP contribution in [0.1, 0.15) is 18.7 Å². The smallest absolute Gasteiger partial charge is 0.299 e. The maximum Gasteiger partial charge on any atom is 0.299 e. The van der Waals surface area contributed by atoms with Gasteiger partial charge >= 0.3 is 0 Å². The van der Waals surface area contributed by atoms with E-state index in [4.69, 9.17) is 19.6 Å². The van der Waals surface area contributed by atoms with Crippen molar-refractivity contribution in [3.05, 3.63) is 30.2 Å². The molecule has 0 aliphatic carbocycles. The van der Waals surface area contributed by atoms with E-state index in [1.54, 1.807) is 6.26 Å². The van der Waals surface area contributed by atoms with Gasteiger partial charge in [-0.15, -0.1) is 0 Å². The molecule has 3 rings (SSSR count). The monoisotopic (exact) mass is 247 g/mol. The van der Waals surface area contributed by atoms with Crippen LogP contribution in [0.5, 0.6) is 11.5 Å². The van der Waals surface area contributed by atoms with E-state index in [1.807, 2.05) is 25.1 Å². The maximum atomic E-state index is 5.71. The minimum atomic E-state index is -0.152. The van der Waals surface area contributed by atoms with Crippen LogP contribution in [0.4, 0.5) is 11.7 Å². The van der Waals surface area contributed by atoms with Crippen molar-refractivity contribution in [3.63, 3.8) is 0 Å². The van der Waals surface area contributed by atoms with E-state index in [0.29, 0.717) is 17.5 Å². The van der Waals surface area contributed by atoms with Crippen LogP contribution in [-0.2, 0) is 0 Å². The topological polar surface area (TPSA) is 82.5 Å². The predicted octanol–water partition coefficient (Wildman–Crippen LogP) is 2.17. The van der Waals surface area contributed by atoms with Crippen LogP contribution in [0.2, 0.25) is 0 Å². The third kappa shape index (κ3) is 1.98. The number of hydrogen-bond donors (Lipinski definition) is 2. The molecule has 0 bridgehead atoms. The van der Waals surface area contributed by atoms with E-state index in [0.717, 1.165) is 11.4 Å². The molecule has 1 unspecified atom stereocenters. The normalized spacial score (nSPS) is 14.6. The van der Waals surface area contributed by atoms with Crippen LogP contribution in [0.15, 0.2) is 28.9 Å². The van der Waals surface area contributed by atoms with Gasteiger partial charge in [-0.1, -0.05) is 0 Å². The van der Waals surface area contributed by atoms with Crippen molar-refractivity contribution < 1.29 is 13.9 Å². The lowest BCUT2D eigenvalue weighted by Gasteiger charge is -2.02. The number of nitrogens with one attached hydrogen (secondary N) is 1. The van der Waals surface area contributed by atoms with Gasteiger partial charge in [0.05, 0.1) is 5.69 Å². The molecule has 2 heterocycles. The van der Waals surface area contributed by atoms with Crippen LogP contribution in [0, 0.1) is 0 Å². The predicted molar refractivity (Wildman–Crippen MR) is 65.0 cm³/mol. The van der Waals surface area contributed by atoms with Crippen molar-refractivity contribution in [1.82, 2.24) is 4.98 Å². The number of fused-ring (bicyclic) bond motifs is 1. The van der Waals surface area contributed by atoms with Crippen molar-refractivity contribution in [2.75, 3.05) is 12.1 Å². The molecular formula is C12H13N3O3. The molecule has 0 saturated heterocycles. The Balaban J connectivity index is 1.79. The van der Waals surface area contributed by atoms with E-state index in [2.05, 4.69) is 10.3 Å². The third-order valence-corrected chi connectivity index (χ3v) is 2.61. The fourth-order valence-corrected chi connectivity index (χ4v) is 1.65. The van der Waals surface area contributed by atoms with Crippen LogP contribution < -0.4 is 20.5 Å². The maximum absolute atomic E-state index is 5.71. The number of anilines is 2. The summed E-state index contributed by atoms with van der Waals surface area (Å²) in [5.74, 6) is 1.45. The van der Waals surface area contributed by atoms with Crippen LogP contribution >= 0.6 is 0 Å². The summed E-state index contributed by atoms with van der Waals surface area (Å²) in [5, 5.41) is 3.04. The molecule has 0 amide bonds. The Morgan fingerprint density at radius 1 is 1.33 bits per heavy atom. The second-order valence-electron chi connectivity index (χ2n) is 4.06. The number of rotatable bonds is 3. The van der Waals surface area contributed by atoms with Gasteiger partial charge in [0.15, 0.2) is 11.5 Å². The van der Waals surface area contributed by atoms with Crippen molar-refractivity contribution in [1.29, 1.82) is 0 Å². The number of aromatic nitrogens is 1. The zero-order valence-electron chi connectivity index (χ0n) is 9.84. The molecule has 1 aliphatic heterocycles. The second kappa shape index (κ2) is 4.23. The first-order chi connectivity index (χ1) is 8.72. The Morgan fingerprint density at radius 2 is 2.17 bits per heavy atom. The van der Waals surface area contributed by atoms with Gasteiger partial charge in [-0.05, 0) is 19.1 Å². The van der Waals surface area contributed by atoms with E-state index in [9.17, 15) is 0 Å². The van der Waals surface area contributed by atoms with Gasteiger partial charge in [0.2, 0.25) is 6.79 Å². The standard InChI is InChI=1S/C12H13N3O3/c1-7(13)9-5-16-12(15-9)14-8-2-3-10-11(4-8)18-6-17-10/h2-5,7H,6,13H2,1H3,(H,14,15). The van der Waals surface area contributed by atoms with Crippen molar-refractivity contribution in [2.45, 2.75) is 13.0 Å². The van der Waals surface area contributed by atoms with Crippen LogP contribution in [0.3, 0.4) is 0 Å². The molecule has 0 fully saturated rings. The van der Waals surface area contributed by atoms with E-state index in [1.165, 1.54) is 0 Å². The summed E-state index contributed by atoms with van der Waals surface area (Å²) in [6, 6.07) is 5.78. The highest BCUT2D eigenvalue weighted by atomic mass is 16.7. The summed E-state index contributed by atoms with van der Waals surface area (Å²) in [7, 11) is 0. The van der Waals surface area contributed by atoms with Gasteiger partial charge in [-0.25, -0.2) is 0 Å². The summed E-state index contributed by atoms with van der Waals surface area (Å²) in [6.45, 7) is 2.11. The zero-order valence-corrected chi connectivity index (χ0v) is 9.84. The lowest BCUT2D eigenvalue weighted by atomic mass is 10.3. The molecule has 1 atom stereocenters. The third-order valence-electron chi connectivity index (χ3n) is 2.61. The number of benzene rings is 1. The molecule has 6 heteroatoms. The highest BCUT2D eigenvalue weighted by molar-refractivity contribution is 5.59. The summed E-state index contributed by atoms with van der Waals surface area (Å²) in [6.07, 6.45) is 1.54. The minimum absolute atomic E-state index is 0.152. The fraction of sp³-hybridized carbons (Fsp3) is 0.250. The van der Waals surface area contributed by atoms with E-state index < -0.39 is 0 Å². The highest BCUT2D eigenvalue weighted by Gasteiger charge is 2.14. The minimum Gasteiger partial charge on any atom is -0.454 e. The Hall–Kier alpha value is -2.21. The number of hydrogen-bond acceptors (Lipinski definition) is 6. The van der Waals surface area contributed by atoms with Gasteiger partial charge in [-0.2, -0.15) is 4.98 Å². The molecule has 6 nitrogen and oxygen atoms in total. The summed E-state index contributed by atoms with van der Waals surface area (Å²) < 4.78 is 15.8. The molecule has 1 aliphatic rings. The molecule has 2 aromatic rings. The molecule has 18 heavy (non-hydrogen) atoms. The van der Waals surface area contributed by atoms with Crippen LogP contribution in [-0.4, -0.2) is 11.8 Å². The Bertz CT molecular complexity index is 565.